The highest BCUT2D eigenvalue weighted by Crippen LogP contribution is 2.32. The number of carboxylic acid groups (broad SMARTS) is 1. The average Bonchev–Trinajstić information content (AvgIpc) is 2.85. The van der Waals surface area contributed by atoms with Gasteiger partial charge in [-0.2, -0.15) is 13.2 Å². The van der Waals surface area contributed by atoms with Crippen LogP contribution in [0.1, 0.15) is 24.8 Å². The summed E-state index contributed by atoms with van der Waals surface area (Å²) in [5.41, 5.74) is 9.86. The molecule has 8 nitrogen and oxygen atoms in total. The van der Waals surface area contributed by atoms with Gasteiger partial charge in [0, 0.05) is 37.1 Å². The number of hydrogen-bond donors (Lipinski definition) is 3. The van der Waals surface area contributed by atoms with Gasteiger partial charge in [-0.15, -0.1) is 0 Å². The van der Waals surface area contributed by atoms with Crippen molar-refractivity contribution in [2.24, 2.45) is 5.73 Å². The maximum absolute atomic E-state index is 12.7. The van der Waals surface area contributed by atoms with Gasteiger partial charge in [-0.3, -0.25) is 14.8 Å². The predicted molar refractivity (Wildman–Crippen MR) is 126 cm³/mol. The molecule has 1 fully saturated rings. The Morgan fingerprint density at radius 3 is 2.40 bits per heavy atom. The highest BCUT2D eigenvalue weighted by molar-refractivity contribution is 6.06. The average molecular weight is 489 g/mol. The van der Waals surface area contributed by atoms with Gasteiger partial charge in [0.05, 0.1) is 22.9 Å². The molecule has 0 bridgehead atoms. The number of hydrogen-bond acceptors (Lipinski definition) is 6. The first-order chi connectivity index (χ1) is 16.7. The van der Waals surface area contributed by atoms with Gasteiger partial charge in [0.25, 0.3) is 0 Å². The molecule has 1 aromatic carbocycles. The number of anilines is 2. The lowest BCUT2D eigenvalue weighted by Gasteiger charge is -2.29. The number of aromatic nitrogens is 2. The molecule has 35 heavy (non-hydrogen) atoms. The van der Waals surface area contributed by atoms with Crippen LogP contribution in [-0.4, -0.2) is 52.3 Å². The number of carbonyl (C=O) groups is 2. The third kappa shape index (κ3) is 7.12. The molecular weight excluding hydrogens is 463 g/mol. The number of nitrogens with zero attached hydrogens (tertiary/aromatic N) is 3. The van der Waals surface area contributed by atoms with Crippen molar-refractivity contribution in [2.75, 3.05) is 23.3 Å². The Bertz CT molecular complexity index is 1150. The van der Waals surface area contributed by atoms with Crippen molar-refractivity contribution in [3.8, 4) is 0 Å². The fourth-order valence-corrected chi connectivity index (χ4v) is 3.75. The van der Waals surface area contributed by atoms with Gasteiger partial charge in [0.15, 0.2) is 0 Å². The zero-order chi connectivity index (χ0) is 25.4. The summed E-state index contributed by atoms with van der Waals surface area (Å²) in [6, 6.07) is 11.0. The maximum Gasteiger partial charge on any atom is 0.490 e. The minimum absolute atomic E-state index is 0.209. The second kappa shape index (κ2) is 11.6. The molecule has 2 aromatic heterocycles. The molecule has 3 heterocycles. The van der Waals surface area contributed by atoms with Crippen molar-refractivity contribution >= 4 is 34.2 Å². The number of amides is 1. The number of fused-ring (bicyclic) bond motifs is 1. The topological polar surface area (TPSA) is 121 Å². The molecule has 11 heteroatoms. The number of alkyl halides is 3. The minimum Gasteiger partial charge on any atom is -0.475 e. The van der Waals surface area contributed by atoms with E-state index in [1.807, 2.05) is 30.3 Å². The van der Waals surface area contributed by atoms with Gasteiger partial charge < -0.3 is 21.1 Å². The molecule has 0 radical (unpaired) electrons. The van der Waals surface area contributed by atoms with E-state index in [4.69, 9.17) is 15.6 Å². The number of pyridine rings is 2. The summed E-state index contributed by atoms with van der Waals surface area (Å²) < 4.78 is 31.7. The van der Waals surface area contributed by atoms with E-state index >= 15 is 0 Å². The Kier molecular flexibility index (Phi) is 8.58. The van der Waals surface area contributed by atoms with Crippen LogP contribution in [0.15, 0.2) is 55.0 Å². The molecule has 1 amide bonds. The molecule has 0 saturated carbocycles. The number of halogens is 3. The predicted octanol–water partition coefficient (Wildman–Crippen LogP) is 3.76. The molecule has 1 aliphatic rings. The quantitative estimate of drug-likeness (QED) is 0.499. The summed E-state index contributed by atoms with van der Waals surface area (Å²) in [4.78, 5) is 32.6. The Morgan fingerprint density at radius 1 is 1.09 bits per heavy atom. The fraction of sp³-hybridized carbons (Fsp3) is 0.333. The molecule has 3 aromatic rings. The summed E-state index contributed by atoms with van der Waals surface area (Å²) in [5, 5.41) is 11.1. The van der Waals surface area contributed by atoms with Crippen LogP contribution in [-0.2, 0) is 16.0 Å². The van der Waals surface area contributed by atoms with E-state index in [1.165, 1.54) is 19.3 Å². The lowest BCUT2D eigenvalue weighted by Crippen LogP contribution is -2.37. The van der Waals surface area contributed by atoms with Crippen molar-refractivity contribution in [3.63, 3.8) is 0 Å². The normalized spacial score (nSPS) is 14.6. The van der Waals surface area contributed by atoms with E-state index in [9.17, 15) is 18.0 Å². The molecule has 186 valence electrons. The third-order valence-corrected chi connectivity index (χ3v) is 5.46. The molecular formula is C24H26F3N5O3. The van der Waals surface area contributed by atoms with Gasteiger partial charge in [0.2, 0.25) is 5.91 Å². The zero-order valence-electron chi connectivity index (χ0n) is 18.8. The van der Waals surface area contributed by atoms with E-state index in [-0.39, 0.29) is 5.91 Å². The summed E-state index contributed by atoms with van der Waals surface area (Å²) in [6.45, 7) is 2.10. The summed E-state index contributed by atoms with van der Waals surface area (Å²) in [7, 11) is 0. The van der Waals surface area contributed by atoms with E-state index in [0.29, 0.717) is 6.42 Å². The molecule has 0 aliphatic carbocycles. The minimum atomic E-state index is -5.08. The highest BCUT2D eigenvalue weighted by atomic mass is 19.4. The first-order valence-corrected chi connectivity index (χ1v) is 11.0. The molecule has 4 N–H and O–H groups in total. The maximum atomic E-state index is 12.7. The fourth-order valence-electron chi connectivity index (χ4n) is 3.75. The lowest BCUT2D eigenvalue weighted by atomic mass is 10.1. The number of carboxylic acids is 1. The van der Waals surface area contributed by atoms with E-state index < -0.39 is 18.2 Å². The van der Waals surface area contributed by atoms with Gasteiger partial charge >= 0.3 is 12.1 Å². The van der Waals surface area contributed by atoms with E-state index in [2.05, 4.69) is 26.3 Å². The van der Waals surface area contributed by atoms with E-state index in [0.717, 1.165) is 40.9 Å². The number of carbonyl (C=O) groups excluding carboxylic acids is 1. The third-order valence-electron chi connectivity index (χ3n) is 5.46. The zero-order valence-corrected chi connectivity index (χ0v) is 18.8. The van der Waals surface area contributed by atoms with Crippen LogP contribution in [0.2, 0.25) is 0 Å². The van der Waals surface area contributed by atoms with Crippen molar-refractivity contribution in [2.45, 2.75) is 37.9 Å². The number of rotatable bonds is 5. The van der Waals surface area contributed by atoms with Crippen molar-refractivity contribution in [1.29, 1.82) is 0 Å². The molecule has 4 rings (SSSR count). The van der Waals surface area contributed by atoms with Crippen LogP contribution in [0.4, 0.5) is 24.5 Å². The monoisotopic (exact) mass is 489 g/mol. The molecule has 1 unspecified atom stereocenters. The van der Waals surface area contributed by atoms with Crippen LogP contribution in [0.3, 0.4) is 0 Å². The van der Waals surface area contributed by atoms with Crippen molar-refractivity contribution < 1.29 is 27.9 Å². The smallest absolute Gasteiger partial charge is 0.475 e. The van der Waals surface area contributed by atoms with E-state index in [1.54, 1.807) is 18.6 Å². The summed E-state index contributed by atoms with van der Waals surface area (Å²) in [6.07, 6.45) is 4.30. The summed E-state index contributed by atoms with van der Waals surface area (Å²) >= 11 is 0. The van der Waals surface area contributed by atoms with Crippen LogP contribution in [0, 0.1) is 0 Å². The highest BCUT2D eigenvalue weighted by Gasteiger charge is 2.38. The van der Waals surface area contributed by atoms with Crippen LogP contribution < -0.4 is 16.0 Å². The van der Waals surface area contributed by atoms with Crippen molar-refractivity contribution in [3.05, 3.63) is 60.6 Å². The number of piperidine rings is 1. The molecule has 0 spiro atoms. The number of nitrogens with one attached hydrogen (secondary N) is 1. The molecule has 1 atom stereocenters. The van der Waals surface area contributed by atoms with Gasteiger partial charge in [0.1, 0.15) is 0 Å². The molecule has 1 aliphatic heterocycles. The van der Waals surface area contributed by atoms with Crippen LogP contribution in [0.5, 0.6) is 0 Å². The first-order valence-electron chi connectivity index (χ1n) is 11.0. The Labute approximate surface area is 200 Å². The van der Waals surface area contributed by atoms with Crippen molar-refractivity contribution in [1.82, 2.24) is 9.97 Å². The first kappa shape index (κ1) is 25.9. The molecule has 1 saturated heterocycles. The number of nitrogens with two attached hydrogens (primary N) is 1. The summed E-state index contributed by atoms with van der Waals surface area (Å²) in [5.74, 6) is -2.97. The SMILES string of the molecule is NC(Cc1cccnc1)C(=O)Nc1ccc(N2CCCCC2)c2ncccc12.O=C(O)C(F)(F)F. The Morgan fingerprint density at radius 2 is 1.77 bits per heavy atom. The standard InChI is InChI=1S/C22H25N5O.C2HF3O2/c23-18(14-16-6-4-10-24-15-16)22(28)26-19-8-9-20(27-12-2-1-3-13-27)21-17(19)7-5-11-25-21;3-2(4,5)1(6)7/h4-11,15,18H,1-3,12-14,23H2,(H,26,28);(H,6,7). The largest absolute Gasteiger partial charge is 0.490 e. The number of aliphatic carboxylic acids is 1. The number of benzene rings is 1. The van der Waals surface area contributed by atoms with Gasteiger partial charge in [-0.1, -0.05) is 6.07 Å². The van der Waals surface area contributed by atoms with Gasteiger partial charge in [-0.05, 0) is 61.6 Å². The van der Waals surface area contributed by atoms with Crippen LogP contribution >= 0.6 is 0 Å². The second-order valence-corrected chi connectivity index (χ2v) is 8.04. The van der Waals surface area contributed by atoms with Gasteiger partial charge in [-0.25, -0.2) is 4.79 Å². The Hall–Kier alpha value is -3.73. The second-order valence-electron chi connectivity index (χ2n) is 8.04. The Balaban J connectivity index is 0.000000429. The lowest BCUT2D eigenvalue weighted by molar-refractivity contribution is -0.192. The van der Waals surface area contributed by atoms with Crippen LogP contribution in [0.25, 0.3) is 10.9 Å².